The third kappa shape index (κ3) is 4.50. The first-order chi connectivity index (χ1) is 13.5. The molecule has 0 bridgehead atoms. The van der Waals surface area contributed by atoms with Crippen molar-refractivity contribution in [2.45, 2.75) is 26.1 Å². The molecule has 1 aromatic carbocycles. The quantitative estimate of drug-likeness (QED) is 0.685. The van der Waals surface area contributed by atoms with E-state index >= 15 is 0 Å². The van der Waals surface area contributed by atoms with E-state index in [1.807, 2.05) is 31.2 Å². The van der Waals surface area contributed by atoms with Crippen molar-refractivity contribution in [3.63, 3.8) is 0 Å². The number of hydrogen-bond acceptors (Lipinski definition) is 8. The summed E-state index contributed by atoms with van der Waals surface area (Å²) in [5, 5.41) is 12.8. The number of aromatic nitrogens is 4. The average molecular weight is 407 g/mol. The molecule has 10 heteroatoms. The summed E-state index contributed by atoms with van der Waals surface area (Å²) >= 11 is 0. The van der Waals surface area contributed by atoms with Gasteiger partial charge in [-0.05, 0) is 42.8 Å². The number of ether oxygens (including phenoxy) is 1. The van der Waals surface area contributed by atoms with E-state index in [4.69, 9.17) is 4.74 Å². The van der Waals surface area contributed by atoms with Gasteiger partial charge in [-0.2, -0.15) is 0 Å². The minimum absolute atomic E-state index is 0.183. The highest BCUT2D eigenvalue weighted by Crippen LogP contribution is 2.20. The Morgan fingerprint density at radius 3 is 2.54 bits per heavy atom. The maximum atomic E-state index is 11.7. The van der Waals surface area contributed by atoms with Crippen LogP contribution in [0, 0.1) is 0 Å². The lowest BCUT2D eigenvalue weighted by Crippen LogP contribution is -2.51. The van der Waals surface area contributed by atoms with Crippen LogP contribution >= 0.6 is 0 Å². The van der Waals surface area contributed by atoms with Gasteiger partial charge in [-0.25, -0.2) is 8.42 Å². The predicted octanol–water partition coefficient (Wildman–Crippen LogP) is 0.501. The van der Waals surface area contributed by atoms with Crippen LogP contribution in [-0.2, 0) is 16.5 Å². The molecule has 4 rings (SSSR count). The van der Waals surface area contributed by atoms with Crippen molar-refractivity contribution in [3.05, 3.63) is 24.3 Å². The number of nitrogens with zero attached hydrogens (tertiary/aromatic N) is 6. The summed E-state index contributed by atoms with van der Waals surface area (Å²) in [5.74, 6) is 2.06. The lowest BCUT2D eigenvalue weighted by Gasteiger charge is -2.37. The Kier molecular flexibility index (Phi) is 5.61. The molecule has 0 saturated carbocycles. The number of sulfone groups is 1. The van der Waals surface area contributed by atoms with E-state index in [9.17, 15) is 8.42 Å². The van der Waals surface area contributed by atoms with Crippen molar-refractivity contribution >= 4 is 9.84 Å². The van der Waals surface area contributed by atoms with E-state index < -0.39 is 9.84 Å². The van der Waals surface area contributed by atoms with E-state index in [2.05, 4.69) is 25.2 Å². The number of tetrazole rings is 1. The van der Waals surface area contributed by atoms with Crippen LogP contribution in [0.3, 0.4) is 0 Å². The molecule has 2 fully saturated rings. The molecule has 2 aliphatic heterocycles. The molecular formula is C18H26N6O3S. The molecule has 1 aromatic heterocycles. The standard InChI is InChI=1S/C18H26N6O3S/c1-2-27-17-5-3-15(4-6-17)18-19-21-24(20-18)14-22-8-10-23(11-9-22)16-7-12-28(25,26)13-16/h3-6,16H,2,7-14H2,1H3/t16-/m0/s1. The van der Waals surface area contributed by atoms with E-state index in [-0.39, 0.29) is 6.04 Å². The molecule has 2 aromatic rings. The third-order valence-electron chi connectivity index (χ3n) is 5.33. The molecule has 0 amide bonds. The monoisotopic (exact) mass is 406 g/mol. The zero-order chi connectivity index (χ0) is 19.6. The molecule has 0 spiro atoms. The van der Waals surface area contributed by atoms with Crippen molar-refractivity contribution in [1.82, 2.24) is 30.0 Å². The minimum atomic E-state index is -2.83. The Bertz CT molecular complexity index is 890. The second-order valence-electron chi connectivity index (χ2n) is 7.30. The molecule has 2 saturated heterocycles. The van der Waals surface area contributed by atoms with Crippen molar-refractivity contribution in [2.24, 2.45) is 0 Å². The summed E-state index contributed by atoms with van der Waals surface area (Å²) in [7, 11) is -2.83. The molecule has 28 heavy (non-hydrogen) atoms. The van der Waals surface area contributed by atoms with E-state index in [1.54, 1.807) is 4.80 Å². The first-order valence-electron chi connectivity index (χ1n) is 9.70. The number of benzene rings is 1. The van der Waals surface area contributed by atoms with Gasteiger partial charge < -0.3 is 4.74 Å². The summed E-state index contributed by atoms with van der Waals surface area (Å²) < 4.78 is 28.8. The van der Waals surface area contributed by atoms with Crippen molar-refractivity contribution in [1.29, 1.82) is 0 Å². The van der Waals surface area contributed by atoms with Gasteiger partial charge in [0.25, 0.3) is 0 Å². The van der Waals surface area contributed by atoms with Crippen LogP contribution in [-0.4, -0.2) is 88.8 Å². The van der Waals surface area contributed by atoms with E-state index in [0.717, 1.165) is 43.9 Å². The van der Waals surface area contributed by atoms with Gasteiger partial charge in [-0.15, -0.1) is 15.0 Å². The summed E-state index contributed by atoms with van der Waals surface area (Å²) in [6.07, 6.45) is 0.762. The molecule has 2 aliphatic rings. The Balaban J connectivity index is 1.30. The van der Waals surface area contributed by atoms with Gasteiger partial charge >= 0.3 is 0 Å². The fourth-order valence-corrected chi connectivity index (χ4v) is 5.56. The van der Waals surface area contributed by atoms with Crippen LogP contribution < -0.4 is 4.74 Å². The summed E-state index contributed by atoms with van der Waals surface area (Å²) in [5.41, 5.74) is 0.905. The summed E-state index contributed by atoms with van der Waals surface area (Å²) in [6.45, 7) is 6.67. The summed E-state index contributed by atoms with van der Waals surface area (Å²) in [4.78, 5) is 6.19. The Hall–Kier alpha value is -2.04. The smallest absolute Gasteiger partial charge is 0.204 e. The van der Waals surface area contributed by atoms with Gasteiger partial charge in [0.15, 0.2) is 9.84 Å². The zero-order valence-corrected chi connectivity index (χ0v) is 16.9. The second kappa shape index (κ2) is 8.14. The van der Waals surface area contributed by atoms with E-state index in [1.165, 1.54) is 0 Å². The molecule has 1 atom stereocenters. The molecule has 0 unspecified atom stereocenters. The third-order valence-corrected chi connectivity index (χ3v) is 7.08. The van der Waals surface area contributed by atoms with Gasteiger partial charge in [-0.1, -0.05) is 0 Å². The van der Waals surface area contributed by atoms with Crippen LogP contribution in [0.15, 0.2) is 24.3 Å². The molecule has 3 heterocycles. The number of hydrogen-bond donors (Lipinski definition) is 0. The molecule has 0 radical (unpaired) electrons. The van der Waals surface area contributed by atoms with Gasteiger partial charge in [0, 0.05) is 37.8 Å². The lowest BCUT2D eigenvalue weighted by molar-refractivity contribution is 0.0767. The normalized spacial score (nSPS) is 23.1. The van der Waals surface area contributed by atoms with Gasteiger partial charge in [0.05, 0.1) is 18.1 Å². The zero-order valence-electron chi connectivity index (χ0n) is 16.1. The van der Waals surface area contributed by atoms with Gasteiger partial charge in [0.1, 0.15) is 12.4 Å². The fraction of sp³-hybridized carbons (Fsp3) is 0.611. The molecule has 9 nitrogen and oxygen atoms in total. The molecule has 0 N–H and O–H groups in total. The molecular weight excluding hydrogens is 380 g/mol. The summed E-state index contributed by atoms with van der Waals surface area (Å²) in [6, 6.07) is 7.86. The van der Waals surface area contributed by atoms with Gasteiger partial charge in [-0.3, -0.25) is 9.80 Å². The van der Waals surface area contributed by atoms with Crippen LogP contribution in [0.5, 0.6) is 5.75 Å². The fourth-order valence-electron chi connectivity index (χ4n) is 3.80. The number of piperazine rings is 1. The van der Waals surface area contributed by atoms with E-state index in [0.29, 0.717) is 30.6 Å². The topological polar surface area (TPSA) is 93.5 Å². The van der Waals surface area contributed by atoms with Gasteiger partial charge in [0.2, 0.25) is 5.82 Å². The predicted molar refractivity (Wildman–Crippen MR) is 105 cm³/mol. The van der Waals surface area contributed by atoms with Crippen LogP contribution in [0.1, 0.15) is 13.3 Å². The molecule has 152 valence electrons. The Morgan fingerprint density at radius 2 is 1.89 bits per heavy atom. The highest BCUT2D eigenvalue weighted by Gasteiger charge is 2.33. The van der Waals surface area contributed by atoms with Crippen LogP contribution in [0.2, 0.25) is 0 Å². The maximum absolute atomic E-state index is 11.7. The van der Waals surface area contributed by atoms with Crippen molar-refractivity contribution in [3.8, 4) is 17.1 Å². The average Bonchev–Trinajstić information content (AvgIpc) is 3.30. The first kappa shape index (κ1) is 19.3. The minimum Gasteiger partial charge on any atom is -0.494 e. The SMILES string of the molecule is CCOc1ccc(-c2nnn(CN3CCN([C@H]4CCS(=O)(=O)C4)CC3)n2)cc1. The lowest BCUT2D eigenvalue weighted by atomic mass is 10.2. The Labute approximate surface area is 165 Å². The largest absolute Gasteiger partial charge is 0.494 e. The van der Waals surface area contributed by atoms with Crippen LogP contribution in [0.25, 0.3) is 11.4 Å². The maximum Gasteiger partial charge on any atom is 0.204 e. The first-order valence-corrected chi connectivity index (χ1v) is 11.5. The number of rotatable bonds is 6. The second-order valence-corrected chi connectivity index (χ2v) is 9.52. The van der Waals surface area contributed by atoms with Crippen molar-refractivity contribution in [2.75, 3.05) is 44.3 Å². The van der Waals surface area contributed by atoms with Crippen molar-refractivity contribution < 1.29 is 13.2 Å². The molecule has 0 aliphatic carbocycles. The highest BCUT2D eigenvalue weighted by atomic mass is 32.2. The Morgan fingerprint density at radius 1 is 1.14 bits per heavy atom. The highest BCUT2D eigenvalue weighted by molar-refractivity contribution is 7.91. The van der Waals surface area contributed by atoms with Crippen LogP contribution in [0.4, 0.5) is 0 Å².